The van der Waals surface area contributed by atoms with Crippen molar-refractivity contribution in [2.24, 2.45) is 0 Å². The van der Waals surface area contributed by atoms with Gasteiger partial charge in [0.1, 0.15) is 12.4 Å². The molecule has 0 aliphatic heterocycles. The van der Waals surface area contributed by atoms with Crippen molar-refractivity contribution in [3.8, 4) is 5.75 Å². The van der Waals surface area contributed by atoms with E-state index < -0.39 is 0 Å². The average molecular weight is 276 g/mol. The first-order chi connectivity index (χ1) is 9.47. The molecule has 0 spiro atoms. The van der Waals surface area contributed by atoms with Crippen LogP contribution in [0.5, 0.6) is 5.75 Å². The minimum absolute atomic E-state index is 0.129. The topological polar surface area (TPSA) is 64.4 Å². The Hall–Kier alpha value is -1.88. The molecule has 5 heteroatoms. The van der Waals surface area contributed by atoms with Crippen LogP contribution < -0.4 is 10.1 Å². The molecule has 0 radical (unpaired) electrons. The highest BCUT2D eigenvalue weighted by atomic mass is 16.6. The van der Waals surface area contributed by atoms with Crippen molar-refractivity contribution in [1.82, 2.24) is 5.32 Å². The van der Waals surface area contributed by atoms with Crippen molar-refractivity contribution >= 4 is 5.69 Å². The van der Waals surface area contributed by atoms with Crippen molar-refractivity contribution in [3.63, 3.8) is 0 Å². The summed E-state index contributed by atoms with van der Waals surface area (Å²) in [5.74, 6) is 0.681. The van der Waals surface area contributed by atoms with E-state index in [4.69, 9.17) is 4.74 Å². The number of nitrogens with zero attached hydrogens (tertiary/aromatic N) is 1. The van der Waals surface area contributed by atoms with E-state index in [2.05, 4.69) is 11.9 Å². The number of nitro groups is 1. The number of aryl methyl sites for hydroxylation is 2. The Morgan fingerprint density at radius 3 is 2.75 bits per heavy atom. The molecule has 0 bridgehead atoms. The number of ether oxygens (including phenoxy) is 1. The molecule has 1 aliphatic carbocycles. The maximum Gasteiger partial charge on any atom is 0.272 e. The highest BCUT2D eigenvalue weighted by Gasteiger charge is 2.20. The number of hydrogen-bond acceptors (Lipinski definition) is 4. The lowest BCUT2D eigenvalue weighted by Crippen LogP contribution is -2.21. The largest absolute Gasteiger partial charge is 0.489 e. The zero-order valence-electron chi connectivity index (χ0n) is 11.9. The van der Waals surface area contributed by atoms with Crippen LogP contribution in [0.2, 0.25) is 0 Å². The third kappa shape index (κ3) is 3.81. The second-order valence-electron chi connectivity index (χ2n) is 5.36. The Morgan fingerprint density at radius 1 is 1.45 bits per heavy atom. The van der Waals surface area contributed by atoms with Gasteiger partial charge in [-0.05, 0) is 43.9 Å². The molecule has 0 heterocycles. The van der Waals surface area contributed by atoms with E-state index >= 15 is 0 Å². The quantitative estimate of drug-likeness (QED) is 0.472. The van der Waals surface area contributed by atoms with Crippen LogP contribution in [0.4, 0.5) is 5.69 Å². The molecule has 1 aromatic rings. The van der Waals surface area contributed by atoms with Gasteiger partial charge in [0, 0.05) is 24.2 Å². The second-order valence-corrected chi connectivity index (χ2v) is 5.36. The molecule has 0 saturated heterocycles. The van der Waals surface area contributed by atoms with Gasteiger partial charge in [0.05, 0.1) is 4.92 Å². The van der Waals surface area contributed by atoms with E-state index in [1.165, 1.54) is 12.8 Å². The van der Waals surface area contributed by atoms with Crippen LogP contribution in [0.3, 0.4) is 0 Å². The van der Waals surface area contributed by atoms with Gasteiger partial charge in [-0.3, -0.25) is 10.1 Å². The first-order valence-electron chi connectivity index (χ1n) is 6.76. The smallest absolute Gasteiger partial charge is 0.272 e. The number of benzene rings is 1. The molecule has 0 amide bonds. The van der Waals surface area contributed by atoms with Gasteiger partial charge in [0.25, 0.3) is 5.69 Å². The van der Waals surface area contributed by atoms with Gasteiger partial charge in [0.2, 0.25) is 0 Å². The summed E-state index contributed by atoms with van der Waals surface area (Å²) >= 11 is 0. The number of nitro benzene ring substituents is 1. The number of rotatable bonds is 7. The van der Waals surface area contributed by atoms with Gasteiger partial charge < -0.3 is 10.1 Å². The summed E-state index contributed by atoms with van der Waals surface area (Å²) < 4.78 is 5.70. The molecule has 1 aromatic carbocycles. The molecule has 20 heavy (non-hydrogen) atoms. The van der Waals surface area contributed by atoms with Crippen LogP contribution >= 0.6 is 0 Å². The maximum atomic E-state index is 10.8. The third-order valence-corrected chi connectivity index (χ3v) is 3.34. The van der Waals surface area contributed by atoms with Crippen molar-refractivity contribution in [2.75, 3.05) is 13.2 Å². The van der Waals surface area contributed by atoms with Crippen LogP contribution in [0.25, 0.3) is 0 Å². The normalized spacial score (nSPS) is 14.1. The Labute approximate surface area is 118 Å². The zero-order chi connectivity index (χ0) is 14.7. The van der Waals surface area contributed by atoms with Gasteiger partial charge >= 0.3 is 0 Å². The predicted octanol–water partition coefficient (Wildman–Crippen LogP) is 2.90. The highest BCUT2D eigenvalue weighted by Crippen LogP contribution is 2.27. The fourth-order valence-electron chi connectivity index (χ4n) is 1.93. The monoisotopic (exact) mass is 276 g/mol. The molecule has 1 aliphatic rings. The number of hydrogen-bond donors (Lipinski definition) is 1. The molecule has 1 N–H and O–H groups in total. The fraction of sp³-hybridized carbons (Fsp3) is 0.467. The molecule has 108 valence electrons. The van der Waals surface area contributed by atoms with E-state index in [1.807, 2.05) is 6.92 Å². The van der Waals surface area contributed by atoms with Gasteiger partial charge in [-0.2, -0.15) is 0 Å². The minimum Gasteiger partial charge on any atom is -0.489 e. The first kappa shape index (κ1) is 14.5. The van der Waals surface area contributed by atoms with E-state index in [-0.39, 0.29) is 10.6 Å². The standard InChI is InChI=1S/C15H20N2O3/c1-10(8-16-13-4-5-13)9-20-15-7-11(2)14(17(18)19)6-12(15)3/h6-7,13,16H,1,4-5,8-9H2,2-3H3. The Balaban J connectivity index is 1.93. The van der Waals surface area contributed by atoms with E-state index in [9.17, 15) is 10.1 Å². The molecule has 5 nitrogen and oxygen atoms in total. The second kappa shape index (κ2) is 6.05. The Bertz CT molecular complexity index is 536. The highest BCUT2D eigenvalue weighted by molar-refractivity contribution is 5.49. The Morgan fingerprint density at radius 2 is 2.15 bits per heavy atom. The summed E-state index contributed by atoms with van der Waals surface area (Å²) in [5.41, 5.74) is 2.49. The van der Waals surface area contributed by atoms with Crippen LogP contribution in [0.15, 0.2) is 24.3 Å². The fourth-order valence-corrected chi connectivity index (χ4v) is 1.93. The Kier molecular flexibility index (Phi) is 4.39. The van der Waals surface area contributed by atoms with E-state index in [0.29, 0.717) is 24.0 Å². The summed E-state index contributed by atoms with van der Waals surface area (Å²) in [6.45, 7) is 8.69. The minimum atomic E-state index is -0.370. The van der Waals surface area contributed by atoms with E-state index in [1.54, 1.807) is 19.1 Å². The van der Waals surface area contributed by atoms with Gasteiger partial charge in [-0.25, -0.2) is 0 Å². The lowest BCUT2D eigenvalue weighted by molar-refractivity contribution is -0.385. The lowest BCUT2D eigenvalue weighted by Gasteiger charge is -2.12. The lowest BCUT2D eigenvalue weighted by atomic mass is 10.1. The molecule has 0 atom stereocenters. The van der Waals surface area contributed by atoms with Crippen molar-refractivity contribution in [2.45, 2.75) is 32.7 Å². The van der Waals surface area contributed by atoms with Crippen LogP contribution in [0.1, 0.15) is 24.0 Å². The molecule has 2 rings (SSSR count). The van der Waals surface area contributed by atoms with Crippen LogP contribution in [-0.2, 0) is 0 Å². The van der Waals surface area contributed by atoms with Gasteiger partial charge in [0.15, 0.2) is 0 Å². The number of nitrogens with one attached hydrogen (secondary N) is 1. The van der Waals surface area contributed by atoms with E-state index in [0.717, 1.165) is 17.7 Å². The van der Waals surface area contributed by atoms with Crippen molar-refractivity contribution < 1.29 is 9.66 Å². The zero-order valence-corrected chi connectivity index (χ0v) is 11.9. The van der Waals surface area contributed by atoms with Crippen molar-refractivity contribution in [3.05, 3.63) is 45.5 Å². The predicted molar refractivity (Wildman–Crippen MR) is 78.2 cm³/mol. The summed E-state index contributed by atoms with van der Waals surface area (Å²) in [7, 11) is 0. The first-order valence-corrected chi connectivity index (χ1v) is 6.76. The summed E-state index contributed by atoms with van der Waals surface area (Å²) in [6, 6.07) is 3.92. The average Bonchev–Trinajstić information content (AvgIpc) is 3.20. The molecule has 0 unspecified atom stereocenters. The molecule has 1 fully saturated rings. The summed E-state index contributed by atoms with van der Waals surface area (Å²) in [5, 5.41) is 14.2. The SMILES string of the molecule is C=C(CNC1CC1)COc1cc(C)c([N+](=O)[O-])cc1C. The third-order valence-electron chi connectivity index (χ3n) is 3.34. The van der Waals surface area contributed by atoms with Gasteiger partial charge in [-0.15, -0.1) is 0 Å². The maximum absolute atomic E-state index is 10.8. The molecule has 1 saturated carbocycles. The molecular formula is C15H20N2O3. The summed E-state index contributed by atoms with van der Waals surface area (Å²) in [4.78, 5) is 10.5. The molecular weight excluding hydrogens is 256 g/mol. The van der Waals surface area contributed by atoms with Crippen LogP contribution in [-0.4, -0.2) is 24.1 Å². The summed E-state index contributed by atoms with van der Waals surface area (Å²) in [6.07, 6.45) is 2.49. The van der Waals surface area contributed by atoms with Gasteiger partial charge in [-0.1, -0.05) is 6.58 Å². The van der Waals surface area contributed by atoms with Crippen molar-refractivity contribution in [1.29, 1.82) is 0 Å². The van der Waals surface area contributed by atoms with Crippen LogP contribution in [0, 0.1) is 24.0 Å². The molecule has 0 aromatic heterocycles.